The van der Waals surface area contributed by atoms with Gasteiger partial charge in [0.1, 0.15) is 0 Å². The minimum atomic E-state index is -0.0348. The van der Waals surface area contributed by atoms with E-state index in [0.717, 1.165) is 30.3 Å². The van der Waals surface area contributed by atoms with Crippen molar-refractivity contribution < 1.29 is 9.53 Å². The number of H-pyrrole nitrogens is 1. The molecule has 0 aliphatic carbocycles. The predicted octanol–water partition coefficient (Wildman–Crippen LogP) is 1.35. The molecule has 1 aromatic heterocycles. The van der Waals surface area contributed by atoms with Gasteiger partial charge in [-0.15, -0.1) is 0 Å². The van der Waals surface area contributed by atoms with E-state index in [-0.39, 0.29) is 11.9 Å². The number of aromatic amines is 1. The Balaban J connectivity index is 1.65. The highest BCUT2D eigenvalue weighted by Gasteiger charge is 2.31. The van der Waals surface area contributed by atoms with Crippen molar-refractivity contribution in [2.45, 2.75) is 32.7 Å². The van der Waals surface area contributed by atoms with Crippen LogP contribution in [0, 0.1) is 12.8 Å². The summed E-state index contributed by atoms with van der Waals surface area (Å²) >= 11 is 0. The van der Waals surface area contributed by atoms with Crippen LogP contribution in [0.2, 0.25) is 0 Å². The number of ether oxygens (including phenoxy) is 1. The van der Waals surface area contributed by atoms with Gasteiger partial charge in [0, 0.05) is 6.54 Å². The molecule has 0 radical (unpaired) electrons. The molecule has 1 aromatic rings. The van der Waals surface area contributed by atoms with Crippen LogP contribution in [0.15, 0.2) is 6.20 Å². The molecule has 0 bridgehead atoms. The maximum absolute atomic E-state index is 12.8. The number of nitrogens with one attached hydrogen (secondary N) is 1. The first-order chi connectivity index (χ1) is 10.6. The molecule has 6 heteroatoms. The van der Waals surface area contributed by atoms with Crippen LogP contribution < -0.4 is 0 Å². The van der Waals surface area contributed by atoms with Crippen molar-refractivity contribution >= 4 is 5.91 Å². The van der Waals surface area contributed by atoms with E-state index in [9.17, 15) is 4.79 Å². The minimum Gasteiger partial charge on any atom is -0.377 e. The summed E-state index contributed by atoms with van der Waals surface area (Å²) < 4.78 is 5.59. The summed E-state index contributed by atoms with van der Waals surface area (Å²) in [6.07, 6.45) is 4.19. The molecule has 2 aliphatic heterocycles. The van der Waals surface area contributed by atoms with Gasteiger partial charge in [-0.3, -0.25) is 14.8 Å². The molecular formula is C16H26N4O2. The largest absolute Gasteiger partial charge is 0.377 e. The third-order valence-electron chi connectivity index (χ3n) is 4.89. The monoisotopic (exact) mass is 306 g/mol. The zero-order chi connectivity index (χ0) is 15.5. The highest BCUT2D eigenvalue weighted by atomic mass is 16.5. The molecule has 1 amide bonds. The van der Waals surface area contributed by atoms with Crippen LogP contribution in [0.25, 0.3) is 0 Å². The Hall–Kier alpha value is -1.40. The summed E-state index contributed by atoms with van der Waals surface area (Å²) in [5.74, 6) is 0.993. The molecule has 2 saturated heterocycles. The average Bonchev–Trinajstić information content (AvgIpc) is 2.95. The van der Waals surface area contributed by atoms with Gasteiger partial charge in [0.15, 0.2) is 0 Å². The van der Waals surface area contributed by atoms with Crippen molar-refractivity contribution in [3.8, 4) is 0 Å². The number of aromatic nitrogens is 2. The van der Waals surface area contributed by atoms with E-state index in [1.54, 1.807) is 6.20 Å². The van der Waals surface area contributed by atoms with E-state index in [1.165, 1.54) is 12.8 Å². The summed E-state index contributed by atoms with van der Waals surface area (Å²) in [5.41, 5.74) is 2.08. The lowest BCUT2D eigenvalue weighted by Crippen LogP contribution is -2.49. The first kappa shape index (κ1) is 15.5. The Kier molecular flexibility index (Phi) is 4.78. The Morgan fingerprint density at radius 2 is 2.18 bits per heavy atom. The molecule has 0 spiro atoms. The fraction of sp³-hybridized carbons (Fsp3) is 0.750. The van der Waals surface area contributed by atoms with Crippen LogP contribution in [0.3, 0.4) is 0 Å². The molecular weight excluding hydrogens is 280 g/mol. The van der Waals surface area contributed by atoms with Crippen LogP contribution in [-0.4, -0.2) is 65.3 Å². The van der Waals surface area contributed by atoms with Crippen molar-refractivity contribution in [1.82, 2.24) is 20.0 Å². The molecule has 6 nitrogen and oxygen atoms in total. The van der Waals surface area contributed by atoms with E-state index in [1.807, 2.05) is 11.8 Å². The maximum atomic E-state index is 12.8. The number of likely N-dealkylation sites (tertiary alicyclic amines) is 1. The van der Waals surface area contributed by atoms with E-state index in [0.29, 0.717) is 26.3 Å². The first-order valence-corrected chi connectivity index (χ1v) is 8.24. The predicted molar refractivity (Wildman–Crippen MR) is 83.4 cm³/mol. The number of nitrogens with zero attached hydrogens (tertiary/aromatic N) is 3. The molecule has 2 aliphatic rings. The molecule has 122 valence electrons. The molecule has 2 fully saturated rings. The number of rotatable bonds is 3. The maximum Gasteiger partial charge on any atom is 0.237 e. The second kappa shape index (κ2) is 6.79. The minimum absolute atomic E-state index is 0.0348. The fourth-order valence-corrected chi connectivity index (χ4v) is 3.34. The standard InChI is InChI=1S/C16H26N4O2/c1-12-3-5-19(6-4-12)10-15(21)20-7-8-22-11-14(20)16-13(2)9-17-18-16/h9,12,14H,3-8,10-11H2,1-2H3,(H,17,18)/t14-/m1/s1. The van der Waals surface area contributed by atoms with Gasteiger partial charge >= 0.3 is 0 Å². The Bertz CT molecular complexity index is 508. The van der Waals surface area contributed by atoms with Gasteiger partial charge in [-0.25, -0.2) is 0 Å². The number of hydrogen-bond donors (Lipinski definition) is 1. The first-order valence-electron chi connectivity index (χ1n) is 8.24. The fourth-order valence-electron chi connectivity index (χ4n) is 3.34. The van der Waals surface area contributed by atoms with Crippen LogP contribution >= 0.6 is 0 Å². The Morgan fingerprint density at radius 3 is 2.86 bits per heavy atom. The van der Waals surface area contributed by atoms with Crippen molar-refractivity contribution in [3.63, 3.8) is 0 Å². The number of carbonyl (C=O) groups excluding carboxylic acids is 1. The highest BCUT2D eigenvalue weighted by Crippen LogP contribution is 2.25. The van der Waals surface area contributed by atoms with E-state index >= 15 is 0 Å². The lowest BCUT2D eigenvalue weighted by molar-refractivity contribution is -0.142. The van der Waals surface area contributed by atoms with Gasteiger partial charge in [0.25, 0.3) is 0 Å². The van der Waals surface area contributed by atoms with Crippen LogP contribution in [0.5, 0.6) is 0 Å². The number of piperidine rings is 1. The molecule has 22 heavy (non-hydrogen) atoms. The summed E-state index contributed by atoms with van der Waals surface area (Å²) in [6.45, 7) is 8.72. The lowest BCUT2D eigenvalue weighted by atomic mass is 9.99. The van der Waals surface area contributed by atoms with Crippen LogP contribution in [-0.2, 0) is 9.53 Å². The smallest absolute Gasteiger partial charge is 0.237 e. The van der Waals surface area contributed by atoms with E-state index < -0.39 is 0 Å². The molecule has 1 N–H and O–H groups in total. The third-order valence-corrected chi connectivity index (χ3v) is 4.89. The highest BCUT2D eigenvalue weighted by molar-refractivity contribution is 5.79. The Morgan fingerprint density at radius 1 is 1.41 bits per heavy atom. The number of amides is 1. The van der Waals surface area contributed by atoms with Crippen molar-refractivity contribution in [1.29, 1.82) is 0 Å². The van der Waals surface area contributed by atoms with E-state index in [2.05, 4.69) is 22.0 Å². The number of morpholine rings is 1. The van der Waals surface area contributed by atoms with Gasteiger partial charge in [-0.05, 0) is 44.3 Å². The Labute approximate surface area is 131 Å². The van der Waals surface area contributed by atoms with Gasteiger partial charge in [0.05, 0.1) is 37.7 Å². The topological polar surface area (TPSA) is 61.5 Å². The number of carbonyl (C=O) groups is 1. The summed E-state index contributed by atoms with van der Waals surface area (Å²) in [7, 11) is 0. The SMILES string of the molecule is Cc1cn[nH]c1[C@H]1COCCN1C(=O)CN1CCC(C)CC1. The van der Waals surface area contributed by atoms with Crippen molar-refractivity contribution in [2.24, 2.45) is 5.92 Å². The number of hydrogen-bond acceptors (Lipinski definition) is 4. The molecule has 3 heterocycles. The average molecular weight is 306 g/mol. The third kappa shape index (κ3) is 3.33. The molecule has 1 atom stereocenters. The normalized spacial score (nSPS) is 24.6. The van der Waals surface area contributed by atoms with Gasteiger partial charge in [-0.2, -0.15) is 5.10 Å². The van der Waals surface area contributed by atoms with Gasteiger partial charge < -0.3 is 9.64 Å². The zero-order valence-electron chi connectivity index (χ0n) is 13.5. The summed E-state index contributed by atoms with van der Waals surface area (Å²) in [6, 6.07) is -0.0348. The summed E-state index contributed by atoms with van der Waals surface area (Å²) in [4.78, 5) is 17.0. The van der Waals surface area contributed by atoms with E-state index in [4.69, 9.17) is 4.74 Å². The van der Waals surface area contributed by atoms with Gasteiger partial charge in [-0.1, -0.05) is 6.92 Å². The molecule has 0 saturated carbocycles. The lowest BCUT2D eigenvalue weighted by Gasteiger charge is -2.37. The second-order valence-corrected chi connectivity index (χ2v) is 6.60. The molecule has 0 aromatic carbocycles. The van der Waals surface area contributed by atoms with Crippen molar-refractivity contribution in [3.05, 3.63) is 17.5 Å². The van der Waals surface area contributed by atoms with Crippen LogP contribution in [0.1, 0.15) is 37.1 Å². The molecule has 0 unspecified atom stereocenters. The number of aryl methyl sites for hydroxylation is 1. The quantitative estimate of drug-likeness (QED) is 0.916. The molecule has 3 rings (SSSR count). The van der Waals surface area contributed by atoms with Crippen LogP contribution in [0.4, 0.5) is 0 Å². The van der Waals surface area contributed by atoms with Gasteiger partial charge in [0.2, 0.25) is 5.91 Å². The van der Waals surface area contributed by atoms with Crippen molar-refractivity contribution in [2.75, 3.05) is 39.4 Å². The second-order valence-electron chi connectivity index (χ2n) is 6.60. The zero-order valence-corrected chi connectivity index (χ0v) is 13.5. The summed E-state index contributed by atoms with van der Waals surface area (Å²) in [5, 5.41) is 7.12.